The molecule has 0 aromatic carbocycles. The number of aliphatic hydroxyl groups is 1. The van der Waals surface area contributed by atoms with E-state index in [1.165, 1.54) is 0 Å². The first-order valence-corrected chi connectivity index (χ1v) is 8.77. The minimum absolute atomic E-state index is 0.00493. The molecule has 0 bridgehead atoms. The van der Waals surface area contributed by atoms with Gasteiger partial charge in [-0.15, -0.1) is 10.2 Å². The van der Waals surface area contributed by atoms with E-state index in [0.717, 1.165) is 18.2 Å². The maximum absolute atomic E-state index is 10.6. The van der Waals surface area contributed by atoms with Crippen LogP contribution < -0.4 is 4.90 Å². The highest BCUT2D eigenvalue weighted by molar-refractivity contribution is 5.40. The summed E-state index contributed by atoms with van der Waals surface area (Å²) in [5.41, 5.74) is 0. The maximum Gasteiger partial charge on any atom is 0.230 e. The first-order chi connectivity index (χ1) is 12.0. The predicted octanol–water partition coefficient (Wildman–Crippen LogP) is 1.36. The Hall–Kier alpha value is -2.06. The Morgan fingerprint density at radius 2 is 2.16 bits per heavy atom. The molecule has 3 heterocycles. The standard InChI is InChI=1S/C17H26N6O2/c1-5-22(10-16-21-20-12(4)25-16)13-8-23(9-14(13)24)15-6-7-18-17(19-15)11(2)3/h6-7,11,13-14,24H,5,8-10H2,1-4H3/t13-,14-/m1/s1. The number of hydrogen-bond acceptors (Lipinski definition) is 8. The number of aromatic nitrogens is 4. The summed E-state index contributed by atoms with van der Waals surface area (Å²) in [5.74, 6) is 3.10. The highest BCUT2D eigenvalue weighted by Gasteiger charge is 2.36. The van der Waals surface area contributed by atoms with E-state index in [-0.39, 0.29) is 12.0 Å². The van der Waals surface area contributed by atoms with E-state index in [4.69, 9.17) is 4.42 Å². The van der Waals surface area contributed by atoms with Crippen LogP contribution in [0.3, 0.4) is 0 Å². The van der Waals surface area contributed by atoms with E-state index in [0.29, 0.717) is 31.4 Å². The zero-order valence-corrected chi connectivity index (χ0v) is 15.3. The van der Waals surface area contributed by atoms with Crippen LogP contribution in [0.1, 0.15) is 44.3 Å². The lowest BCUT2D eigenvalue weighted by Gasteiger charge is -2.28. The van der Waals surface area contributed by atoms with Crippen molar-refractivity contribution in [3.8, 4) is 0 Å². The van der Waals surface area contributed by atoms with Crippen molar-refractivity contribution >= 4 is 5.82 Å². The molecule has 0 spiro atoms. The molecule has 0 saturated carbocycles. The Bertz CT molecular complexity index is 704. The minimum Gasteiger partial charge on any atom is -0.424 e. The van der Waals surface area contributed by atoms with Crippen molar-refractivity contribution in [1.82, 2.24) is 25.1 Å². The van der Waals surface area contributed by atoms with Crippen molar-refractivity contribution in [3.05, 3.63) is 29.9 Å². The van der Waals surface area contributed by atoms with E-state index in [1.54, 1.807) is 13.1 Å². The van der Waals surface area contributed by atoms with E-state index in [2.05, 4.69) is 50.7 Å². The molecule has 0 amide bonds. The maximum atomic E-state index is 10.6. The number of aryl methyl sites for hydroxylation is 1. The molecular formula is C17H26N6O2. The van der Waals surface area contributed by atoms with Gasteiger partial charge in [0, 0.05) is 32.1 Å². The zero-order chi connectivity index (χ0) is 18.0. The number of β-amino-alcohol motifs (C(OH)–C–C–N with tert-alkyl or cyclic N) is 1. The molecule has 0 unspecified atom stereocenters. The number of hydrogen-bond donors (Lipinski definition) is 1. The average Bonchev–Trinajstić information content (AvgIpc) is 3.18. The summed E-state index contributed by atoms with van der Waals surface area (Å²) in [7, 11) is 0. The molecule has 8 heteroatoms. The summed E-state index contributed by atoms with van der Waals surface area (Å²) in [5, 5.41) is 18.5. The molecule has 2 atom stereocenters. The fourth-order valence-electron chi connectivity index (χ4n) is 3.17. The van der Waals surface area contributed by atoms with Gasteiger partial charge in [0.05, 0.1) is 18.7 Å². The molecule has 25 heavy (non-hydrogen) atoms. The summed E-state index contributed by atoms with van der Waals surface area (Å²) in [4.78, 5) is 13.2. The van der Waals surface area contributed by atoms with Crippen LogP contribution in [0.15, 0.2) is 16.7 Å². The highest BCUT2D eigenvalue weighted by Crippen LogP contribution is 2.24. The van der Waals surface area contributed by atoms with Crippen molar-refractivity contribution in [2.75, 3.05) is 24.5 Å². The molecule has 8 nitrogen and oxygen atoms in total. The van der Waals surface area contributed by atoms with E-state index in [9.17, 15) is 5.11 Å². The lowest BCUT2D eigenvalue weighted by atomic mass is 10.2. The number of aliphatic hydroxyl groups excluding tert-OH is 1. The molecule has 1 fully saturated rings. The molecule has 1 saturated heterocycles. The van der Waals surface area contributed by atoms with Crippen LogP contribution >= 0.6 is 0 Å². The van der Waals surface area contributed by atoms with Crippen molar-refractivity contribution in [1.29, 1.82) is 0 Å². The van der Waals surface area contributed by atoms with E-state index >= 15 is 0 Å². The summed E-state index contributed by atoms with van der Waals surface area (Å²) >= 11 is 0. The Balaban J connectivity index is 1.72. The topological polar surface area (TPSA) is 91.4 Å². The van der Waals surface area contributed by atoms with Gasteiger partial charge in [-0.25, -0.2) is 9.97 Å². The normalized spacial score (nSPS) is 20.8. The van der Waals surface area contributed by atoms with Gasteiger partial charge in [-0.3, -0.25) is 4.90 Å². The van der Waals surface area contributed by atoms with Crippen LogP contribution in [0.2, 0.25) is 0 Å². The van der Waals surface area contributed by atoms with Gasteiger partial charge in [-0.05, 0) is 12.6 Å². The Kier molecular flexibility index (Phi) is 5.29. The van der Waals surface area contributed by atoms with Gasteiger partial charge in [0.15, 0.2) is 0 Å². The van der Waals surface area contributed by atoms with Crippen LogP contribution in [0.4, 0.5) is 5.82 Å². The number of anilines is 1. The molecule has 3 rings (SSSR count). The van der Waals surface area contributed by atoms with Gasteiger partial charge in [-0.2, -0.15) is 0 Å². The Labute approximate surface area is 147 Å². The summed E-state index contributed by atoms with van der Waals surface area (Å²) in [6.07, 6.45) is 1.33. The molecule has 136 valence electrons. The lowest BCUT2D eigenvalue weighted by molar-refractivity contribution is 0.0761. The molecular weight excluding hydrogens is 320 g/mol. The smallest absolute Gasteiger partial charge is 0.230 e. The van der Waals surface area contributed by atoms with E-state index < -0.39 is 6.10 Å². The zero-order valence-electron chi connectivity index (χ0n) is 15.3. The fraction of sp³-hybridized carbons (Fsp3) is 0.647. The van der Waals surface area contributed by atoms with Crippen molar-refractivity contribution < 1.29 is 9.52 Å². The molecule has 0 radical (unpaired) electrons. The third-order valence-electron chi connectivity index (χ3n) is 4.54. The molecule has 2 aromatic rings. The second kappa shape index (κ2) is 7.45. The van der Waals surface area contributed by atoms with Crippen molar-refractivity contribution in [2.45, 2.75) is 52.3 Å². The summed E-state index contributed by atoms with van der Waals surface area (Å²) in [6, 6.07) is 1.90. The third kappa shape index (κ3) is 3.96. The minimum atomic E-state index is -0.457. The third-order valence-corrected chi connectivity index (χ3v) is 4.54. The van der Waals surface area contributed by atoms with Gasteiger partial charge in [-0.1, -0.05) is 20.8 Å². The first kappa shape index (κ1) is 17.8. The Morgan fingerprint density at radius 1 is 1.36 bits per heavy atom. The van der Waals surface area contributed by atoms with Crippen LogP contribution in [0.5, 0.6) is 0 Å². The summed E-state index contributed by atoms with van der Waals surface area (Å²) in [6.45, 7) is 10.6. The van der Waals surface area contributed by atoms with Crippen molar-refractivity contribution in [3.63, 3.8) is 0 Å². The first-order valence-electron chi connectivity index (χ1n) is 8.77. The van der Waals surface area contributed by atoms with Gasteiger partial charge in [0.2, 0.25) is 11.8 Å². The van der Waals surface area contributed by atoms with Gasteiger partial charge < -0.3 is 14.4 Å². The van der Waals surface area contributed by atoms with Crippen LogP contribution in [0.25, 0.3) is 0 Å². The molecule has 1 aliphatic heterocycles. The van der Waals surface area contributed by atoms with Crippen LogP contribution in [-0.2, 0) is 6.54 Å². The van der Waals surface area contributed by atoms with Crippen molar-refractivity contribution in [2.24, 2.45) is 0 Å². The predicted molar refractivity (Wildman–Crippen MR) is 93.2 cm³/mol. The average molecular weight is 346 g/mol. The quantitative estimate of drug-likeness (QED) is 0.838. The fourth-order valence-corrected chi connectivity index (χ4v) is 3.17. The molecule has 0 aliphatic carbocycles. The number of nitrogens with zero attached hydrogens (tertiary/aromatic N) is 6. The van der Waals surface area contributed by atoms with Crippen LogP contribution in [0, 0.1) is 6.92 Å². The van der Waals surface area contributed by atoms with Crippen LogP contribution in [-0.4, -0.2) is 62.0 Å². The number of rotatable bonds is 6. The van der Waals surface area contributed by atoms with E-state index in [1.807, 2.05) is 6.07 Å². The summed E-state index contributed by atoms with van der Waals surface area (Å²) < 4.78 is 5.48. The molecule has 1 aliphatic rings. The number of likely N-dealkylation sites (N-methyl/N-ethyl adjacent to an activating group) is 1. The second-order valence-corrected chi connectivity index (χ2v) is 6.75. The molecule has 2 aromatic heterocycles. The monoisotopic (exact) mass is 346 g/mol. The second-order valence-electron chi connectivity index (χ2n) is 6.75. The van der Waals surface area contributed by atoms with Gasteiger partial charge in [0.25, 0.3) is 0 Å². The van der Waals surface area contributed by atoms with Gasteiger partial charge >= 0.3 is 0 Å². The SMILES string of the molecule is CCN(Cc1nnc(C)o1)[C@@H]1CN(c2ccnc(C(C)C)n2)C[C@H]1O. The largest absolute Gasteiger partial charge is 0.424 e. The highest BCUT2D eigenvalue weighted by atomic mass is 16.4. The Morgan fingerprint density at radius 3 is 2.80 bits per heavy atom. The van der Waals surface area contributed by atoms with Gasteiger partial charge in [0.1, 0.15) is 11.6 Å². The molecule has 1 N–H and O–H groups in total. The lowest BCUT2D eigenvalue weighted by Crippen LogP contribution is -2.42.